The van der Waals surface area contributed by atoms with E-state index in [1.165, 1.54) is 6.26 Å². The van der Waals surface area contributed by atoms with Gasteiger partial charge in [0, 0.05) is 26.3 Å². The highest BCUT2D eigenvalue weighted by atomic mass is 32.2. The number of carbonyl (C=O) groups is 1. The van der Waals surface area contributed by atoms with Gasteiger partial charge in [-0.05, 0) is 31.6 Å². The van der Waals surface area contributed by atoms with Crippen LogP contribution in [0.1, 0.15) is 26.2 Å². The van der Waals surface area contributed by atoms with Crippen molar-refractivity contribution in [3.8, 4) is 0 Å². The van der Waals surface area contributed by atoms with Crippen LogP contribution in [-0.4, -0.2) is 71.0 Å². The van der Waals surface area contributed by atoms with E-state index in [9.17, 15) is 13.2 Å². The van der Waals surface area contributed by atoms with Crippen LogP contribution in [0.2, 0.25) is 0 Å². The molecule has 2 aliphatic heterocycles. The molecule has 1 amide bonds. The van der Waals surface area contributed by atoms with Gasteiger partial charge < -0.3 is 14.4 Å². The van der Waals surface area contributed by atoms with Crippen molar-refractivity contribution < 1.29 is 22.7 Å². The van der Waals surface area contributed by atoms with Gasteiger partial charge in [-0.15, -0.1) is 0 Å². The molecule has 0 bridgehead atoms. The van der Waals surface area contributed by atoms with E-state index >= 15 is 0 Å². The number of amides is 1. The van der Waals surface area contributed by atoms with E-state index in [4.69, 9.17) is 9.47 Å². The highest BCUT2D eigenvalue weighted by molar-refractivity contribution is 7.88. The van der Waals surface area contributed by atoms with Crippen molar-refractivity contribution in [2.75, 3.05) is 45.8 Å². The monoisotopic (exact) mass is 334 g/mol. The van der Waals surface area contributed by atoms with Crippen molar-refractivity contribution in [1.29, 1.82) is 0 Å². The molecule has 7 nitrogen and oxygen atoms in total. The smallest absolute Gasteiger partial charge is 0.248 e. The fourth-order valence-electron chi connectivity index (χ4n) is 3.33. The van der Waals surface area contributed by atoms with Crippen LogP contribution >= 0.6 is 0 Å². The van der Waals surface area contributed by atoms with Crippen LogP contribution in [-0.2, 0) is 24.3 Å². The van der Waals surface area contributed by atoms with Gasteiger partial charge in [-0.25, -0.2) is 13.1 Å². The van der Waals surface area contributed by atoms with E-state index in [0.717, 1.165) is 19.3 Å². The number of nitrogens with one attached hydrogen (secondary N) is 1. The zero-order valence-electron chi connectivity index (χ0n) is 13.3. The van der Waals surface area contributed by atoms with Gasteiger partial charge >= 0.3 is 0 Å². The Labute approximate surface area is 132 Å². The molecule has 1 spiro atoms. The third kappa shape index (κ3) is 4.41. The maximum atomic E-state index is 12.0. The van der Waals surface area contributed by atoms with Crippen molar-refractivity contribution in [2.24, 2.45) is 5.41 Å². The summed E-state index contributed by atoms with van der Waals surface area (Å²) in [4.78, 5) is 13.8. The van der Waals surface area contributed by atoms with Crippen molar-refractivity contribution in [3.05, 3.63) is 0 Å². The molecule has 2 rings (SSSR count). The van der Waals surface area contributed by atoms with Gasteiger partial charge in [-0.1, -0.05) is 0 Å². The van der Waals surface area contributed by atoms with Gasteiger partial charge in [0.05, 0.1) is 18.9 Å². The molecule has 0 aliphatic carbocycles. The van der Waals surface area contributed by atoms with E-state index < -0.39 is 10.0 Å². The topological polar surface area (TPSA) is 84.9 Å². The maximum Gasteiger partial charge on any atom is 0.248 e. The zero-order valence-corrected chi connectivity index (χ0v) is 14.2. The van der Waals surface area contributed by atoms with Crippen molar-refractivity contribution in [1.82, 2.24) is 9.62 Å². The number of piperidine rings is 1. The molecule has 2 saturated heterocycles. The molecule has 1 atom stereocenters. The fraction of sp³-hybridized carbons (Fsp3) is 0.929. The first-order valence-electron chi connectivity index (χ1n) is 7.77. The summed E-state index contributed by atoms with van der Waals surface area (Å²) in [6, 6.07) is -0.208. The van der Waals surface area contributed by atoms with E-state index in [1.807, 2.05) is 11.8 Å². The Morgan fingerprint density at radius 1 is 1.36 bits per heavy atom. The predicted molar refractivity (Wildman–Crippen MR) is 81.9 cm³/mol. The third-order valence-electron chi connectivity index (χ3n) is 4.67. The Kier molecular flexibility index (Phi) is 5.81. The summed E-state index contributed by atoms with van der Waals surface area (Å²) in [6.45, 7) is 4.86. The van der Waals surface area contributed by atoms with Gasteiger partial charge in [0.2, 0.25) is 15.9 Å². The number of nitrogens with zero attached hydrogens (tertiary/aromatic N) is 1. The van der Waals surface area contributed by atoms with Crippen LogP contribution < -0.4 is 4.72 Å². The molecule has 1 N–H and O–H groups in total. The lowest BCUT2D eigenvalue weighted by molar-refractivity contribution is -0.140. The van der Waals surface area contributed by atoms with Crippen LogP contribution in [0.25, 0.3) is 0 Å². The Bertz CT molecular complexity index is 485. The Balaban J connectivity index is 1.98. The predicted octanol–water partition coefficient (Wildman–Crippen LogP) is -0.0302. The van der Waals surface area contributed by atoms with Crippen LogP contribution in [0.15, 0.2) is 0 Å². The number of hydrogen-bond acceptors (Lipinski definition) is 5. The first-order chi connectivity index (χ1) is 10.4. The average Bonchev–Trinajstić information content (AvgIpc) is 2.47. The molecule has 0 radical (unpaired) electrons. The van der Waals surface area contributed by atoms with Crippen molar-refractivity contribution in [2.45, 2.75) is 32.2 Å². The number of likely N-dealkylation sites (tertiary alicyclic amines) is 1. The lowest BCUT2D eigenvalue weighted by Crippen LogP contribution is -2.58. The molecule has 0 aromatic carbocycles. The van der Waals surface area contributed by atoms with Crippen LogP contribution in [0, 0.1) is 5.41 Å². The van der Waals surface area contributed by atoms with Gasteiger partial charge in [-0.2, -0.15) is 0 Å². The second-order valence-corrected chi connectivity index (χ2v) is 7.93. The number of carbonyl (C=O) groups excluding carboxylic acids is 1. The molecule has 0 aromatic heterocycles. The van der Waals surface area contributed by atoms with Crippen LogP contribution in [0.3, 0.4) is 0 Å². The van der Waals surface area contributed by atoms with E-state index in [-0.39, 0.29) is 24.0 Å². The normalized spacial score (nSPS) is 25.4. The highest BCUT2D eigenvalue weighted by Gasteiger charge is 2.45. The maximum absolute atomic E-state index is 12.0. The summed E-state index contributed by atoms with van der Waals surface area (Å²) in [6.07, 6.45) is 3.59. The fourth-order valence-corrected chi connectivity index (χ4v) is 4.16. The molecule has 2 fully saturated rings. The molecule has 0 aromatic rings. The van der Waals surface area contributed by atoms with Gasteiger partial charge in [0.25, 0.3) is 0 Å². The summed E-state index contributed by atoms with van der Waals surface area (Å²) < 4.78 is 36.5. The van der Waals surface area contributed by atoms with E-state index in [0.29, 0.717) is 32.9 Å². The second-order valence-electron chi connectivity index (χ2n) is 6.15. The standard InChI is InChI=1S/C14H26N2O5S/c1-3-20-11-13(17)16-7-4-14(5-8-16)6-9-21-10-12(14)15-22(2,18)19/h12,15H,3-11H2,1-2H3/t12-/m1/s1. The molecule has 0 saturated carbocycles. The number of hydrogen-bond donors (Lipinski definition) is 1. The number of ether oxygens (including phenoxy) is 2. The summed E-state index contributed by atoms with van der Waals surface area (Å²) >= 11 is 0. The first kappa shape index (κ1) is 17.7. The molecular formula is C14H26N2O5S. The summed E-state index contributed by atoms with van der Waals surface area (Å²) in [5, 5.41) is 0. The van der Waals surface area contributed by atoms with Crippen LogP contribution in [0.4, 0.5) is 0 Å². The third-order valence-corrected chi connectivity index (χ3v) is 5.38. The lowest BCUT2D eigenvalue weighted by atomic mass is 9.69. The quantitative estimate of drug-likeness (QED) is 0.763. The SMILES string of the molecule is CCOCC(=O)N1CCC2(CCOC[C@H]2NS(C)(=O)=O)CC1. The molecule has 0 unspecified atom stereocenters. The summed E-state index contributed by atoms with van der Waals surface area (Å²) in [5.41, 5.74) is -0.107. The second kappa shape index (κ2) is 7.25. The molecule has 128 valence electrons. The Hall–Kier alpha value is -0.700. The zero-order chi connectivity index (χ0) is 16.2. The highest BCUT2D eigenvalue weighted by Crippen LogP contribution is 2.41. The summed E-state index contributed by atoms with van der Waals surface area (Å²) in [7, 11) is -3.27. The Morgan fingerprint density at radius 3 is 2.64 bits per heavy atom. The van der Waals surface area contributed by atoms with Crippen molar-refractivity contribution in [3.63, 3.8) is 0 Å². The molecule has 2 heterocycles. The molecule has 22 heavy (non-hydrogen) atoms. The number of sulfonamides is 1. The lowest BCUT2D eigenvalue weighted by Gasteiger charge is -2.48. The first-order valence-corrected chi connectivity index (χ1v) is 9.66. The van der Waals surface area contributed by atoms with E-state index in [2.05, 4.69) is 4.72 Å². The average molecular weight is 334 g/mol. The van der Waals surface area contributed by atoms with E-state index in [1.54, 1.807) is 0 Å². The van der Waals surface area contributed by atoms with Crippen LogP contribution in [0.5, 0.6) is 0 Å². The van der Waals surface area contributed by atoms with Gasteiger partial charge in [0.1, 0.15) is 6.61 Å². The molecule has 2 aliphatic rings. The summed E-state index contributed by atoms with van der Waals surface area (Å²) in [5.74, 6) is 0.0105. The van der Waals surface area contributed by atoms with Gasteiger partial charge in [0.15, 0.2) is 0 Å². The minimum atomic E-state index is -3.27. The van der Waals surface area contributed by atoms with Gasteiger partial charge in [-0.3, -0.25) is 4.79 Å². The molecule has 8 heteroatoms. The minimum Gasteiger partial charge on any atom is -0.380 e. The largest absolute Gasteiger partial charge is 0.380 e. The van der Waals surface area contributed by atoms with Crippen molar-refractivity contribution >= 4 is 15.9 Å². The number of rotatable bonds is 5. The Morgan fingerprint density at radius 2 is 2.05 bits per heavy atom. The minimum absolute atomic E-state index is 0.0105. The molecular weight excluding hydrogens is 308 g/mol.